The first-order valence-corrected chi connectivity index (χ1v) is 34.9. The highest BCUT2D eigenvalue weighted by Gasteiger charge is 2.22. The summed E-state index contributed by atoms with van der Waals surface area (Å²) in [6.07, 6.45) is 80.3. The monoisotopic (exact) mass is 1150 g/mol. The predicted octanol–water partition coefficient (Wildman–Crippen LogP) is 20.2. The third kappa shape index (κ3) is 64.5. The molecule has 0 heterocycles. The molecular weight excluding hydrogens is 1020 g/mol. The van der Waals surface area contributed by atoms with E-state index in [1.807, 2.05) is 21.1 Å². The van der Waals surface area contributed by atoms with Crippen LogP contribution in [0.15, 0.2) is 60.8 Å². The molecule has 0 aliphatic heterocycles. The zero-order chi connectivity index (χ0) is 59.8. The third-order valence-electron chi connectivity index (χ3n) is 15.5. The number of allylic oxidation sites excluding steroid dienone is 10. The second kappa shape index (κ2) is 64.0. The molecule has 2 atom stereocenters. The van der Waals surface area contributed by atoms with Gasteiger partial charge in [-0.25, -0.2) is 0 Å². The van der Waals surface area contributed by atoms with Crippen LogP contribution in [0.2, 0.25) is 0 Å². The molecule has 0 aliphatic carbocycles. The van der Waals surface area contributed by atoms with E-state index in [1.54, 1.807) is 0 Å². The molecule has 0 bridgehead atoms. The molecule has 2 unspecified atom stereocenters. The van der Waals surface area contributed by atoms with Crippen LogP contribution in [-0.2, 0) is 33.3 Å². The van der Waals surface area contributed by atoms with E-state index in [0.717, 1.165) is 57.8 Å². The molecule has 9 nitrogen and oxygen atoms in total. The average molecular weight is 1150 g/mol. The van der Waals surface area contributed by atoms with Gasteiger partial charge >= 0.3 is 11.9 Å². The number of carbonyl (C=O) groups excluding carboxylic acids is 3. The summed E-state index contributed by atoms with van der Waals surface area (Å²) < 4.78 is 22.8. The maximum Gasteiger partial charge on any atom is 0.306 e. The van der Waals surface area contributed by atoms with Gasteiger partial charge in [-0.1, -0.05) is 299 Å². The number of likely N-dealkylation sites (N-methyl/N-ethyl adjacent to an activating group) is 1. The van der Waals surface area contributed by atoms with Gasteiger partial charge in [0.25, 0.3) is 0 Å². The molecule has 0 aromatic carbocycles. The summed E-state index contributed by atoms with van der Waals surface area (Å²) in [6, 6.07) is 0. The van der Waals surface area contributed by atoms with Crippen molar-refractivity contribution in [1.82, 2.24) is 0 Å². The van der Waals surface area contributed by atoms with Gasteiger partial charge in [0.15, 0.2) is 12.4 Å². The van der Waals surface area contributed by atoms with Gasteiger partial charge in [-0.3, -0.25) is 9.59 Å². The lowest BCUT2D eigenvalue weighted by Gasteiger charge is -2.26. The van der Waals surface area contributed by atoms with E-state index in [9.17, 15) is 19.5 Å². The Morgan fingerprint density at radius 1 is 0.378 bits per heavy atom. The van der Waals surface area contributed by atoms with Crippen molar-refractivity contribution in [3.8, 4) is 0 Å². The fraction of sp³-hybridized carbons (Fsp3) is 0.822. The first-order chi connectivity index (χ1) is 40.1. The molecular formula is C73H133NO8. The Hall–Kier alpha value is -3.01. The number of hydrogen-bond donors (Lipinski definition) is 0. The molecule has 0 aromatic rings. The molecule has 0 amide bonds. The summed E-state index contributed by atoms with van der Waals surface area (Å²) in [6.45, 7) is 4.67. The van der Waals surface area contributed by atoms with Crippen LogP contribution in [0.25, 0.3) is 0 Å². The molecule has 0 N–H and O–H groups in total. The molecule has 0 saturated heterocycles. The molecule has 0 radical (unpaired) electrons. The second-order valence-corrected chi connectivity index (χ2v) is 24.8. The van der Waals surface area contributed by atoms with Crippen LogP contribution in [0.5, 0.6) is 0 Å². The molecule has 0 aliphatic rings. The summed E-state index contributed by atoms with van der Waals surface area (Å²) >= 11 is 0. The van der Waals surface area contributed by atoms with Gasteiger partial charge < -0.3 is 33.3 Å². The number of quaternary nitrogens is 1. The van der Waals surface area contributed by atoms with E-state index in [0.29, 0.717) is 17.4 Å². The van der Waals surface area contributed by atoms with Crippen molar-refractivity contribution in [1.29, 1.82) is 0 Å². The van der Waals surface area contributed by atoms with Crippen LogP contribution >= 0.6 is 0 Å². The lowest BCUT2D eigenvalue weighted by molar-refractivity contribution is -0.870. The number of hydrogen-bond acceptors (Lipinski definition) is 8. The SMILES string of the molecule is CC/C=C\C/C=C\C/C=C\C/C=C\CCCCCCCCCCCCCCCCCCCCCCCCCCCCC(=O)OC(COC(=O)CCCCCCCCC/C=C\CCCCCCCCC)COC(OCC[N+](C)(C)C)C(=O)[O-]. The predicted molar refractivity (Wildman–Crippen MR) is 348 cm³/mol. The van der Waals surface area contributed by atoms with Crippen molar-refractivity contribution in [2.24, 2.45) is 0 Å². The summed E-state index contributed by atoms with van der Waals surface area (Å²) in [5.41, 5.74) is 0. The highest BCUT2D eigenvalue weighted by atomic mass is 16.7. The standard InChI is InChI=1S/C73H133NO8/c1-6-8-10-12-14-16-18-20-22-24-26-27-28-29-30-31-32-33-34-35-36-37-38-39-40-41-42-43-44-45-46-48-50-52-54-56-58-60-62-64-71(76)82-69(68-81-73(72(77)78)79-66-65-74(3,4)5)67-80-70(75)63-61-59-57-55-53-51-49-47-25-23-21-19-17-15-13-11-9-7-2/h8,10,14,16,20,22-23,25-27,69,73H,6-7,9,11-13,15,17-19,21,24,28-68H2,1-5H3/b10-8-,16-14-,22-20-,25-23-,27-26-. The van der Waals surface area contributed by atoms with Gasteiger partial charge in [0.2, 0.25) is 0 Å². The largest absolute Gasteiger partial charge is 0.545 e. The Balaban J connectivity index is 3.97. The van der Waals surface area contributed by atoms with E-state index in [2.05, 4.69) is 74.6 Å². The maximum atomic E-state index is 12.9. The van der Waals surface area contributed by atoms with E-state index >= 15 is 0 Å². The normalized spacial score (nSPS) is 13.0. The average Bonchev–Trinajstić information content (AvgIpc) is 3.45. The number of esters is 2. The van der Waals surface area contributed by atoms with E-state index in [1.165, 1.54) is 238 Å². The number of carbonyl (C=O) groups is 3. The summed E-state index contributed by atoms with van der Waals surface area (Å²) in [5.74, 6) is -2.27. The number of carboxylic acids is 1. The quantitative estimate of drug-likeness (QED) is 0.0195. The van der Waals surface area contributed by atoms with Gasteiger partial charge in [-0.2, -0.15) is 0 Å². The molecule has 0 spiro atoms. The van der Waals surface area contributed by atoms with E-state index in [4.69, 9.17) is 18.9 Å². The first-order valence-electron chi connectivity index (χ1n) is 34.9. The summed E-state index contributed by atoms with van der Waals surface area (Å²) in [5, 5.41) is 11.8. The minimum Gasteiger partial charge on any atom is -0.545 e. The Kier molecular flexibility index (Phi) is 61.6. The Labute approximate surface area is 507 Å². The van der Waals surface area contributed by atoms with Crippen LogP contribution < -0.4 is 5.11 Å². The fourth-order valence-electron chi connectivity index (χ4n) is 10.2. The summed E-state index contributed by atoms with van der Waals surface area (Å²) in [7, 11) is 5.94. The van der Waals surface area contributed by atoms with Crippen LogP contribution in [0.3, 0.4) is 0 Å². The first kappa shape index (κ1) is 79.0. The Bertz CT molecular complexity index is 1530. The smallest absolute Gasteiger partial charge is 0.306 e. The molecule has 0 rings (SSSR count). The number of rotatable bonds is 65. The highest BCUT2D eigenvalue weighted by Crippen LogP contribution is 2.18. The van der Waals surface area contributed by atoms with Gasteiger partial charge in [0.05, 0.1) is 40.3 Å². The van der Waals surface area contributed by atoms with Crippen molar-refractivity contribution in [3.63, 3.8) is 0 Å². The Morgan fingerprint density at radius 3 is 1.05 bits per heavy atom. The van der Waals surface area contributed by atoms with Gasteiger partial charge in [-0.15, -0.1) is 0 Å². The van der Waals surface area contributed by atoms with Crippen LogP contribution in [0, 0.1) is 0 Å². The van der Waals surface area contributed by atoms with Crippen molar-refractivity contribution in [2.45, 2.75) is 341 Å². The van der Waals surface area contributed by atoms with Gasteiger partial charge in [-0.05, 0) is 77.0 Å². The molecule has 82 heavy (non-hydrogen) atoms. The zero-order valence-electron chi connectivity index (χ0n) is 54.6. The van der Waals surface area contributed by atoms with Gasteiger partial charge in [0.1, 0.15) is 13.2 Å². The zero-order valence-corrected chi connectivity index (χ0v) is 54.6. The molecule has 478 valence electrons. The van der Waals surface area contributed by atoms with Crippen LogP contribution in [0.1, 0.15) is 328 Å². The number of nitrogens with zero attached hydrogens (tertiary/aromatic N) is 1. The van der Waals surface area contributed by atoms with Crippen molar-refractivity contribution in [3.05, 3.63) is 60.8 Å². The van der Waals surface area contributed by atoms with E-state index in [-0.39, 0.29) is 38.6 Å². The Morgan fingerprint density at radius 2 is 0.695 bits per heavy atom. The minimum absolute atomic E-state index is 0.149. The second-order valence-electron chi connectivity index (χ2n) is 24.8. The van der Waals surface area contributed by atoms with Gasteiger partial charge in [0, 0.05) is 12.8 Å². The third-order valence-corrected chi connectivity index (χ3v) is 15.5. The molecule has 0 aromatic heterocycles. The number of unbranched alkanes of at least 4 members (excludes halogenated alkanes) is 40. The van der Waals surface area contributed by atoms with Crippen molar-refractivity contribution >= 4 is 17.9 Å². The highest BCUT2D eigenvalue weighted by molar-refractivity contribution is 5.70. The summed E-state index contributed by atoms with van der Waals surface area (Å²) in [4.78, 5) is 37.4. The van der Waals surface area contributed by atoms with Crippen LogP contribution in [0.4, 0.5) is 0 Å². The lowest BCUT2D eigenvalue weighted by Crippen LogP contribution is -2.44. The lowest BCUT2D eigenvalue weighted by atomic mass is 10.0. The maximum absolute atomic E-state index is 12.9. The number of aliphatic carboxylic acids is 1. The van der Waals surface area contributed by atoms with Crippen LogP contribution in [-0.4, -0.2) is 82.3 Å². The van der Waals surface area contributed by atoms with Crippen molar-refractivity contribution < 1.29 is 42.9 Å². The molecule has 0 saturated carbocycles. The van der Waals surface area contributed by atoms with E-state index < -0.39 is 24.3 Å². The minimum atomic E-state index is -1.62. The molecule has 0 fully saturated rings. The fourth-order valence-corrected chi connectivity index (χ4v) is 10.2. The number of carboxylic acid groups (broad SMARTS) is 1. The number of ether oxygens (including phenoxy) is 4. The molecule has 9 heteroatoms. The van der Waals surface area contributed by atoms with Crippen molar-refractivity contribution in [2.75, 3.05) is 47.5 Å². The topological polar surface area (TPSA) is 111 Å².